The molecule has 3 nitrogen and oxygen atoms in total. The fraction of sp³-hybridized carbons (Fsp3) is 0.200. The average Bonchev–Trinajstić information content (AvgIpc) is 2.42. The molecule has 100 valence electrons. The number of para-hydroxylation sites is 1. The fourth-order valence-electron chi connectivity index (χ4n) is 1.95. The second kappa shape index (κ2) is 5.97. The molecule has 0 spiro atoms. The molecule has 0 aliphatic heterocycles. The van der Waals surface area contributed by atoms with Gasteiger partial charge in [-0.2, -0.15) is 0 Å². The Labute approximate surface area is 121 Å². The van der Waals surface area contributed by atoms with Gasteiger partial charge in [0.15, 0.2) is 0 Å². The molecule has 4 heteroatoms. The van der Waals surface area contributed by atoms with E-state index in [4.69, 9.17) is 10.5 Å². The van der Waals surface area contributed by atoms with E-state index >= 15 is 0 Å². The fourth-order valence-corrected chi connectivity index (χ4v) is 2.36. The summed E-state index contributed by atoms with van der Waals surface area (Å²) in [5, 5.41) is 3.37. The zero-order valence-corrected chi connectivity index (χ0v) is 12.6. The predicted octanol–water partition coefficient (Wildman–Crippen LogP) is 4.35. The maximum absolute atomic E-state index is 6.07. The van der Waals surface area contributed by atoms with E-state index < -0.39 is 0 Å². The second-order valence-electron chi connectivity index (χ2n) is 4.20. The Morgan fingerprint density at radius 2 is 2.00 bits per heavy atom. The Morgan fingerprint density at radius 1 is 1.21 bits per heavy atom. The number of nitrogens with two attached hydrogens (primary N) is 1. The summed E-state index contributed by atoms with van der Waals surface area (Å²) in [6, 6.07) is 11.9. The molecule has 0 saturated heterocycles. The first-order chi connectivity index (χ1) is 9.15. The molecule has 0 aliphatic rings. The number of nitrogens with one attached hydrogen (secondary N) is 1. The van der Waals surface area contributed by atoms with E-state index in [0.717, 1.165) is 22.3 Å². The highest BCUT2D eigenvalue weighted by Crippen LogP contribution is 2.33. The van der Waals surface area contributed by atoms with Crippen LogP contribution in [-0.4, -0.2) is 7.11 Å². The molecule has 0 aliphatic carbocycles. The van der Waals surface area contributed by atoms with Gasteiger partial charge in [-0.1, -0.05) is 28.9 Å². The first-order valence-corrected chi connectivity index (χ1v) is 6.93. The van der Waals surface area contributed by atoms with Crippen LogP contribution >= 0.6 is 15.9 Å². The molecule has 0 radical (unpaired) electrons. The highest BCUT2D eigenvalue weighted by Gasteiger charge is 2.07. The van der Waals surface area contributed by atoms with Crippen molar-refractivity contribution in [2.24, 2.45) is 0 Å². The van der Waals surface area contributed by atoms with E-state index in [2.05, 4.69) is 34.2 Å². The minimum Gasteiger partial charge on any atom is -0.495 e. The van der Waals surface area contributed by atoms with Crippen LogP contribution in [-0.2, 0) is 6.42 Å². The van der Waals surface area contributed by atoms with Crippen molar-refractivity contribution in [2.45, 2.75) is 13.3 Å². The molecule has 0 heterocycles. The third-order valence-electron chi connectivity index (χ3n) is 3.00. The summed E-state index contributed by atoms with van der Waals surface area (Å²) in [6.45, 7) is 2.13. The molecule has 2 rings (SSSR count). The summed E-state index contributed by atoms with van der Waals surface area (Å²) < 4.78 is 6.30. The summed E-state index contributed by atoms with van der Waals surface area (Å²) in [5.41, 5.74) is 9.84. The van der Waals surface area contributed by atoms with Gasteiger partial charge in [-0.15, -0.1) is 0 Å². The van der Waals surface area contributed by atoms with Gasteiger partial charge in [0.2, 0.25) is 0 Å². The van der Waals surface area contributed by atoms with Gasteiger partial charge in [-0.05, 0) is 42.3 Å². The topological polar surface area (TPSA) is 47.3 Å². The maximum Gasteiger partial charge on any atom is 0.143 e. The number of hydrogen-bond acceptors (Lipinski definition) is 3. The molecule has 0 atom stereocenters. The van der Waals surface area contributed by atoms with Crippen LogP contribution in [0.3, 0.4) is 0 Å². The van der Waals surface area contributed by atoms with E-state index in [1.54, 1.807) is 7.11 Å². The lowest BCUT2D eigenvalue weighted by atomic mass is 10.1. The SMILES string of the molecule is CCc1cc(Br)ccc1Nc1cccc(OC)c1N. The molecular weight excluding hydrogens is 304 g/mol. The second-order valence-corrected chi connectivity index (χ2v) is 5.12. The van der Waals surface area contributed by atoms with Crippen molar-refractivity contribution in [1.29, 1.82) is 0 Å². The standard InChI is InChI=1S/C15H17BrN2O/c1-3-10-9-11(16)7-8-12(10)18-13-5-4-6-14(19-2)15(13)17/h4-9,18H,3,17H2,1-2H3. The average molecular weight is 321 g/mol. The van der Waals surface area contributed by atoms with Crippen LogP contribution in [0.4, 0.5) is 17.1 Å². The largest absolute Gasteiger partial charge is 0.495 e. The van der Waals surface area contributed by atoms with Crippen LogP contribution < -0.4 is 15.8 Å². The number of benzene rings is 2. The minimum atomic E-state index is 0.620. The summed E-state index contributed by atoms with van der Waals surface area (Å²) in [5.74, 6) is 0.681. The van der Waals surface area contributed by atoms with Crippen molar-refractivity contribution in [3.63, 3.8) is 0 Å². The van der Waals surface area contributed by atoms with Crippen LogP contribution in [0.5, 0.6) is 5.75 Å². The minimum absolute atomic E-state index is 0.620. The highest BCUT2D eigenvalue weighted by molar-refractivity contribution is 9.10. The number of rotatable bonds is 4. The smallest absolute Gasteiger partial charge is 0.143 e. The van der Waals surface area contributed by atoms with Crippen molar-refractivity contribution in [2.75, 3.05) is 18.2 Å². The molecule has 0 amide bonds. The van der Waals surface area contributed by atoms with Gasteiger partial charge in [0.25, 0.3) is 0 Å². The summed E-state index contributed by atoms with van der Waals surface area (Å²) in [7, 11) is 1.62. The molecule has 0 fully saturated rings. The zero-order valence-electron chi connectivity index (χ0n) is 11.0. The Hall–Kier alpha value is -1.68. The lowest BCUT2D eigenvalue weighted by Crippen LogP contribution is -2.00. The van der Waals surface area contributed by atoms with E-state index in [-0.39, 0.29) is 0 Å². The lowest BCUT2D eigenvalue weighted by Gasteiger charge is -2.15. The quantitative estimate of drug-likeness (QED) is 0.823. The van der Waals surface area contributed by atoms with Crippen LogP contribution in [0.2, 0.25) is 0 Å². The van der Waals surface area contributed by atoms with Gasteiger partial charge in [0, 0.05) is 10.2 Å². The number of ether oxygens (including phenoxy) is 1. The van der Waals surface area contributed by atoms with Gasteiger partial charge >= 0.3 is 0 Å². The van der Waals surface area contributed by atoms with E-state index in [9.17, 15) is 0 Å². The van der Waals surface area contributed by atoms with Crippen molar-refractivity contribution in [3.05, 3.63) is 46.4 Å². The van der Waals surface area contributed by atoms with Crippen LogP contribution in [0.1, 0.15) is 12.5 Å². The van der Waals surface area contributed by atoms with Crippen molar-refractivity contribution >= 4 is 33.0 Å². The van der Waals surface area contributed by atoms with Gasteiger partial charge in [-0.3, -0.25) is 0 Å². The lowest BCUT2D eigenvalue weighted by molar-refractivity contribution is 0.417. The molecule has 3 N–H and O–H groups in total. The number of halogens is 1. The van der Waals surface area contributed by atoms with Crippen LogP contribution in [0, 0.1) is 0 Å². The van der Waals surface area contributed by atoms with E-state index in [1.165, 1.54) is 5.56 Å². The summed E-state index contributed by atoms with van der Waals surface area (Å²) in [4.78, 5) is 0. The Kier molecular flexibility index (Phi) is 4.32. The molecule has 2 aromatic rings. The summed E-state index contributed by atoms with van der Waals surface area (Å²) >= 11 is 3.49. The first-order valence-electron chi connectivity index (χ1n) is 6.13. The Balaban J connectivity index is 2.36. The van der Waals surface area contributed by atoms with Crippen LogP contribution in [0.25, 0.3) is 0 Å². The molecular formula is C15H17BrN2O. The third kappa shape index (κ3) is 3.01. The van der Waals surface area contributed by atoms with Gasteiger partial charge in [0.1, 0.15) is 5.75 Å². The molecule has 0 aromatic heterocycles. The number of anilines is 3. The summed E-state index contributed by atoms with van der Waals surface area (Å²) in [6.07, 6.45) is 0.950. The molecule has 19 heavy (non-hydrogen) atoms. The molecule has 2 aromatic carbocycles. The van der Waals surface area contributed by atoms with Crippen molar-refractivity contribution in [3.8, 4) is 5.75 Å². The van der Waals surface area contributed by atoms with Crippen molar-refractivity contribution in [1.82, 2.24) is 0 Å². The van der Waals surface area contributed by atoms with Crippen LogP contribution in [0.15, 0.2) is 40.9 Å². The Bertz CT molecular complexity index is 584. The normalized spacial score (nSPS) is 10.3. The zero-order chi connectivity index (χ0) is 13.8. The molecule has 0 unspecified atom stereocenters. The Morgan fingerprint density at radius 3 is 2.68 bits per heavy atom. The molecule has 0 saturated carbocycles. The van der Waals surface area contributed by atoms with E-state index in [0.29, 0.717) is 11.4 Å². The van der Waals surface area contributed by atoms with Crippen molar-refractivity contribution < 1.29 is 4.74 Å². The predicted molar refractivity (Wildman–Crippen MR) is 84.2 cm³/mol. The number of hydrogen-bond donors (Lipinski definition) is 2. The van der Waals surface area contributed by atoms with Gasteiger partial charge in [-0.25, -0.2) is 0 Å². The number of methoxy groups -OCH3 is 1. The monoisotopic (exact) mass is 320 g/mol. The first kappa shape index (κ1) is 13.7. The van der Waals surface area contributed by atoms with Gasteiger partial charge < -0.3 is 15.8 Å². The number of nitrogen functional groups attached to an aromatic ring is 1. The highest BCUT2D eigenvalue weighted by atomic mass is 79.9. The number of aryl methyl sites for hydroxylation is 1. The van der Waals surface area contributed by atoms with Gasteiger partial charge in [0.05, 0.1) is 18.5 Å². The third-order valence-corrected chi connectivity index (χ3v) is 3.50. The maximum atomic E-state index is 6.07. The van der Waals surface area contributed by atoms with E-state index in [1.807, 2.05) is 30.3 Å². The molecule has 0 bridgehead atoms.